The van der Waals surface area contributed by atoms with Gasteiger partial charge in [0.25, 0.3) is 0 Å². The predicted octanol–water partition coefficient (Wildman–Crippen LogP) is 2.93. The van der Waals surface area contributed by atoms with E-state index in [1.165, 1.54) is 0 Å². The lowest BCUT2D eigenvalue weighted by Gasteiger charge is -2.16. The van der Waals surface area contributed by atoms with Crippen molar-refractivity contribution in [2.24, 2.45) is 0 Å². The van der Waals surface area contributed by atoms with E-state index in [0.717, 1.165) is 37.4 Å². The van der Waals surface area contributed by atoms with Crippen LogP contribution in [0, 0.1) is 0 Å². The zero-order valence-corrected chi connectivity index (χ0v) is 10.5. The van der Waals surface area contributed by atoms with Gasteiger partial charge in [-0.2, -0.15) is 0 Å². The first-order valence-corrected chi connectivity index (χ1v) is 6.10. The fraction of sp³-hybridized carbons (Fsp3) is 0.615. The summed E-state index contributed by atoms with van der Waals surface area (Å²) >= 11 is 0. The minimum Gasteiger partial charge on any atom is -0.477 e. The summed E-state index contributed by atoms with van der Waals surface area (Å²) in [5.74, 6) is 0.764. The molecule has 0 spiro atoms. The van der Waals surface area contributed by atoms with Gasteiger partial charge in [-0.15, -0.1) is 0 Å². The maximum Gasteiger partial charge on any atom is 0.218 e. The molecule has 1 rings (SSSR count). The van der Waals surface area contributed by atoms with Crippen LogP contribution in [0.5, 0.6) is 5.88 Å². The molecule has 0 amide bonds. The van der Waals surface area contributed by atoms with E-state index in [9.17, 15) is 0 Å². The summed E-state index contributed by atoms with van der Waals surface area (Å²) in [5.41, 5.74) is 1.14. The van der Waals surface area contributed by atoms with Gasteiger partial charge >= 0.3 is 0 Å². The molecular formula is C13H22N2O. The van der Waals surface area contributed by atoms with Gasteiger partial charge in [0.1, 0.15) is 0 Å². The van der Waals surface area contributed by atoms with Gasteiger partial charge in [-0.1, -0.05) is 19.9 Å². The maximum atomic E-state index is 5.64. The van der Waals surface area contributed by atoms with Crippen LogP contribution < -0.4 is 10.1 Å². The number of hydrogen-bond acceptors (Lipinski definition) is 3. The van der Waals surface area contributed by atoms with Gasteiger partial charge in [0, 0.05) is 17.8 Å². The normalized spacial score (nSPS) is 12.4. The second-order valence-electron chi connectivity index (χ2n) is 3.92. The second kappa shape index (κ2) is 7.23. The Kier molecular flexibility index (Phi) is 5.86. The highest BCUT2D eigenvalue weighted by molar-refractivity contribution is 5.28. The lowest BCUT2D eigenvalue weighted by molar-refractivity contribution is 0.298. The Morgan fingerprint density at radius 2 is 2.19 bits per heavy atom. The van der Waals surface area contributed by atoms with Crippen molar-refractivity contribution >= 4 is 0 Å². The van der Waals surface area contributed by atoms with E-state index in [2.05, 4.69) is 37.1 Å². The van der Waals surface area contributed by atoms with Gasteiger partial charge in [0.05, 0.1) is 6.61 Å². The molecule has 0 bridgehead atoms. The van der Waals surface area contributed by atoms with Crippen LogP contribution in [0.25, 0.3) is 0 Å². The highest BCUT2D eigenvalue weighted by Crippen LogP contribution is 2.22. The molecule has 0 aliphatic rings. The maximum absolute atomic E-state index is 5.64. The molecule has 0 saturated carbocycles. The van der Waals surface area contributed by atoms with Crippen molar-refractivity contribution < 1.29 is 4.74 Å². The fourth-order valence-corrected chi connectivity index (χ4v) is 1.52. The summed E-state index contributed by atoms with van der Waals surface area (Å²) < 4.78 is 5.64. The Bertz CT molecular complexity index is 302. The number of nitrogens with one attached hydrogen (secondary N) is 1. The van der Waals surface area contributed by atoms with E-state index >= 15 is 0 Å². The Hall–Kier alpha value is -1.09. The van der Waals surface area contributed by atoms with Crippen LogP contribution in [0.4, 0.5) is 0 Å². The van der Waals surface area contributed by atoms with E-state index in [4.69, 9.17) is 4.74 Å². The van der Waals surface area contributed by atoms with Crippen LogP contribution in [0.3, 0.4) is 0 Å². The highest BCUT2D eigenvalue weighted by Gasteiger charge is 2.11. The van der Waals surface area contributed by atoms with Crippen molar-refractivity contribution in [3.8, 4) is 5.88 Å². The molecule has 1 atom stereocenters. The van der Waals surface area contributed by atoms with Crippen molar-refractivity contribution in [2.75, 3.05) is 13.2 Å². The topological polar surface area (TPSA) is 34.2 Å². The number of hydrogen-bond donors (Lipinski definition) is 1. The average Bonchev–Trinajstić information content (AvgIpc) is 2.33. The van der Waals surface area contributed by atoms with Crippen LogP contribution in [-0.2, 0) is 0 Å². The van der Waals surface area contributed by atoms with Crippen molar-refractivity contribution in [1.82, 2.24) is 10.3 Å². The third kappa shape index (κ3) is 3.81. The minimum atomic E-state index is 0.292. The molecule has 3 heteroatoms. The summed E-state index contributed by atoms with van der Waals surface area (Å²) in [6.45, 7) is 8.15. The first kappa shape index (κ1) is 13.0. The van der Waals surface area contributed by atoms with Gasteiger partial charge in [0.2, 0.25) is 5.88 Å². The Balaban J connectivity index is 2.68. The molecule has 1 N–H and O–H groups in total. The summed E-state index contributed by atoms with van der Waals surface area (Å²) in [4.78, 5) is 4.28. The minimum absolute atomic E-state index is 0.292. The van der Waals surface area contributed by atoms with Gasteiger partial charge in [-0.25, -0.2) is 4.98 Å². The molecule has 3 nitrogen and oxygen atoms in total. The summed E-state index contributed by atoms with van der Waals surface area (Å²) in [5, 5.41) is 3.45. The van der Waals surface area contributed by atoms with Gasteiger partial charge in [-0.05, 0) is 32.4 Å². The molecule has 1 aromatic rings. The zero-order chi connectivity index (χ0) is 11.8. The highest BCUT2D eigenvalue weighted by atomic mass is 16.5. The summed E-state index contributed by atoms with van der Waals surface area (Å²) in [6.07, 6.45) is 3.92. The molecule has 0 radical (unpaired) electrons. The van der Waals surface area contributed by atoms with Crippen LogP contribution in [0.15, 0.2) is 18.3 Å². The SMILES string of the molecule is CCCNC(C)c1cccnc1OCCC. The van der Waals surface area contributed by atoms with E-state index < -0.39 is 0 Å². The molecule has 16 heavy (non-hydrogen) atoms. The molecule has 1 aromatic heterocycles. The number of aromatic nitrogens is 1. The third-order valence-electron chi connectivity index (χ3n) is 2.41. The summed E-state index contributed by atoms with van der Waals surface area (Å²) in [6, 6.07) is 4.32. The van der Waals surface area contributed by atoms with Gasteiger partial charge in [-0.3, -0.25) is 0 Å². The van der Waals surface area contributed by atoms with Crippen molar-refractivity contribution in [3.05, 3.63) is 23.9 Å². The van der Waals surface area contributed by atoms with E-state index in [1.54, 1.807) is 6.20 Å². The lowest BCUT2D eigenvalue weighted by Crippen LogP contribution is -2.20. The van der Waals surface area contributed by atoms with Crippen LogP contribution in [0.1, 0.15) is 45.2 Å². The summed E-state index contributed by atoms with van der Waals surface area (Å²) in [7, 11) is 0. The fourth-order valence-electron chi connectivity index (χ4n) is 1.52. The molecule has 0 aliphatic heterocycles. The molecule has 0 saturated heterocycles. The predicted molar refractivity (Wildman–Crippen MR) is 66.7 cm³/mol. The first-order chi connectivity index (χ1) is 7.79. The lowest BCUT2D eigenvalue weighted by atomic mass is 10.1. The zero-order valence-electron chi connectivity index (χ0n) is 10.5. The van der Waals surface area contributed by atoms with Gasteiger partial charge in [0.15, 0.2) is 0 Å². The van der Waals surface area contributed by atoms with Crippen molar-refractivity contribution in [3.63, 3.8) is 0 Å². The van der Waals surface area contributed by atoms with E-state index in [1.807, 2.05) is 6.07 Å². The van der Waals surface area contributed by atoms with E-state index in [-0.39, 0.29) is 0 Å². The first-order valence-electron chi connectivity index (χ1n) is 6.10. The van der Waals surface area contributed by atoms with Crippen LogP contribution in [-0.4, -0.2) is 18.1 Å². The molecule has 0 aromatic carbocycles. The standard InChI is InChI=1S/C13H22N2O/c1-4-8-14-11(3)12-7-6-9-15-13(12)16-10-5-2/h6-7,9,11,14H,4-5,8,10H2,1-3H3. The van der Waals surface area contributed by atoms with Crippen molar-refractivity contribution in [2.45, 2.75) is 39.7 Å². The monoisotopic (exact) mass is 222 g/mol. The number of ether oxygens (including phenoxy) is 1. The van der Waals surface area contributed by atoms with Gasteiger partial charge < -0.3 is 10.1 Å². The van der Waals surface area contributed by atoms with Crippen LogP contribution in [0.2, 0.25) is 0 Å². The number of rotatable bonds is 7. The molecule has 1 heterocycles. The molecular weight excluding hydrogens is 200 g/mol. The second-order valence-corrected chi connectivity index (χ2v) is 3.92. The Labute approximate surface area is 98.2 Å². The molecule has 90 valence electrons. The van der Waals surface area contributed by atoms with Crippen LogP contribution >= 0.6 is 0 Å². The molecule has 0 fully saturated rings. The van der Waals surface area contributed by atoms with Crippen molar-refractivity contribution in [1.29, 1.82) is 0 Å². The van der Waals surface area contributed by atoms with E-state index in [0.29, 0.717) is 6.04 Å². The molecule has 0 aliphatic carbocycles. The average molecular weight is 222 g/mol. The Morgan fingerprint density at radius 3 is 2.88 bits per heavy atom. The Morgan fingerprint density at radius 1 is 1.38 bits per heavy atom. The number of nitrogens with zero attached hydrogens (tertiary/aromatic N) is 1. The molecule has 1 unspecified atom stereocenters. The third-order valence-corrected chi connectivity index (χ3v) is 2.41. The number of pyridine rings is 1. The smallest absolute Gasteiger partial charge is 0.218 e. The largest absolute Gasteiger partial charge is 0.477 e. The quantitative estimate of drug-likeness (QED) is 0.770.